The van der Waals surface area contributed by atoms with E-state index in [0.717, 1.165) is 30.0 Å². The Morgan fingerprint density at radius 3 is 2.31 bits per heavy atom. The Hall–Kier alpha value is -2.46. The molecule has 2 atom stereocenters. The number of ether oxygens (including phenoxy) is 1. The number of rotatable bonds is 6. The highest BCUT2D eigenvalue weighted by atomic mass is 32.2. The van der Waals surface area contributed by atoms with Gasteiger partial charge in [0, 0.05) is 20.1 Å². The van der Waals surface area contributed by atoms with Gasteiger partial charge in [0.1, 0.15) is 0 Å². The minimum atomic E-state index is -3.60. The van der Waals surface area contributed by atoms with Crippen molar-refractivity contribution < 1.29 is 27.5 Å². The number of carbonyl (C=O) groups excluding carboxylic acids is 3. The van der Waals surface area contributed by atoms with Crippen molar-refractivity contribution in [2.24, 2.45) is 5.92 Å². The number of sulfonamides is 1. The summed E-state index contributed by atoms with van der Waals surface area (Å²) in [4.78, 5) is 35.8. The van der Waals surface area contributed by atoms with Gasteiger partial charge in [-0.05, 0) is 43.0 Å². The number of amides is 3. The minimum Gasteiger partial charge on any atom is -0.452 e. The first kappa shape index (κ1) is 22.8. The van der Waals surface area contributed by atoms with Gasteiger partial charge in [-0.1, -0.05) is 19.8 Å². The van der Waals surface area contributed by atoms with Crippen molar-refractivity contribution in [2.45, 2.75) is 43.5 Å². The van der Waals surface area contributed by atoms with Gasteiger partial charge in [0.05, 0.1) is 10.5 Å². The van der Waals surface area contributed by atoms with Crippen LogP contribution in [-0.4, -0.2) is 57.4 Å². The van der Waals surface area contributed by atoms with E-state index in [-0.39, 0.29) is 16.5 Å². The van der Waals surface area contributed by atoms with Gasteiger partial charge in [-0.2, -0.15) is 0 Å². The minimum absolute atomic E-state index is 0.0241. The Balaban J connectivity index is 1.82. The summed E-state index contributed by atoms with van der Waals surface area (Å²) in [6, 6.07) is 4.58. The maximum absolute atomic E-state index is 12.0. The van der Waals surface area contributed by atoms with Crippen molar-refractivity contribution in [3.63, 3.8) is 0 Å². The lowest BCUT2D eigenvalue weighted by Gasteiger charge is -2.29. The molecule has 1 aromatic carbocycles. The number of hydrogen-bond donors (Lipinski definition) is 2. The average molecular weight is 426 g/mol. The molecule has 9 nitrogen and oxygen atoms in total. The van der Waals surface area contributed by atoms with Gasteiger partial charge in [0.25, 0.3) is 5.91 Å². The second-order valence-electron chi connectivity index (χ2n) is 7.28. The summed E-state index contributed by atoms with van der Waals surface area (Å²) in [5, 5.41) is 4.92. The molecular formula is C19H27N3O6S. The summed E-state index contributed by atoms with van der Waals surface area (Å²) in [6.45, 7) is 1.44. The first-order valence-corrected chi connectivity index (χ1v) is 10.9. The zero-order valence-electron chi connectivity index (χ0n) is 16.8. The summed E-state index contributed by atoms with van der Waals surface area (Å²) in [6.07, 6.45) is 4.08. The van der Waals surface area contributed by atoms with Crippen LogP contribution in [0.2, 0.25) is 0 Å². The van der Waals surface area contributed by atoms with Crippen LogP contribution in [0.5, 0.6) is 0 Å². The fraction of sp³-hybridized carbons (Fsp3) is 0.526. The first-order valence-electron chi connectivity index (χ1n) is 9.41. The quantitative estimate of drug-likeness (QED) is 0.666. The number of hydrogen-bond acceptors (Lipinski definition) is 6. The Morgan fingerprint density at radius 1 is 1.10 bits per heavy atom. The number of nitrogens with zero attached hydrogens (tertiary/aromatic N) is 1. The molecular weight excluding hydrogens is 398 g/mol. The molecule has 0 unspecified atom stereocenters. The summed E-state index contributed by atoms with van der Waals surface area (Å²) in [5.74, 6) is -1.19. The highest BCUT2D eigenvalue weighted by molar-refractivity contribution is 7.89. The Labute approximate surface area is 170 Å². The van der Waals surface area contributed by atoms with Crippen LogP contribution < -0.4 is 10.6 Å². The summed E-state index contributed by atoms with van der Waals surface area (Å²) in [5.41, 5.74) is 0.0935. The summed E-state index contributed by atoms with van der Waals surface area (Å²) >= 11 is 0. The molecule has 0 heterocycles. The number of benzene rings is 1. The van der Waals surface area contributed by atoms with Gasteiger partial charge in [-0.3, -0.25) is 10.1 Å². The standard InChI is InChI=1S/C19H27N3O6S/c1-13-6-4-5-7-16(13)20-19(25)21-17(23)12-28-18(24)14-8-10-15(11-9-14)29(26,27)22(2)3/h8-11,13,16H,4-7,12H2,1-3H3,(H2,20,21,23,25)/t13-,16-/m0/s1. The fourth-order valence-electron chi connectivity index (χ4n) is 3.09. The lowest BCUT2D eigenvalue weighted by atomic mass is 9.86. The van der Waals surface area contributed by atoms with E-state index < -0.39 is 34.5 Å². The topological polar surface area (TPSA) is 122 Å². The van der Waals surface area contributed by atoms with Crippen LogP contribution in [0.15, 0.2) is 29.2 Å². The van der Waals surface area contributed by atoms with E-state index in [0.29, 0.717) is 5.92 Å². The lowest BCUT2D eigenvalue weighted by Crippen LogP contribution is -2.48. The highest BCUT2D eigenvalue weighted by Crippen LogP contribution is 2.23. The summed E-state index contributed by atoms with van der Waals surface area (Å²) < 4.78 is 30.0. The average Bonchev–Trinajstić information content (AvgIpc) is 2.67. The third-order valence-corrected chi connectivity index (χ3v) is 6.71. The van der Waals surface area contributed by atoms with E-state index >= 15 is 0 Å². The maximum atomic E-state index is 12.0. The van der Waals surface area contributed by atoms with E-state index in [9.17, 15) is 22.8 Å². The lowest BCUT2D eigenvalue weighted by molar-refractivity contribution is -0.123. The molecule has 3 amide bonds. The van der Waals surface area contributed by atoms with E-state index in [2.05, 4.69) is 17.6 Å². The van der Waals surface area contributed by atoms with Crippen molar-refractivity contribution in [1.29, 1.82) is 0 Å². The SMILES string of the molecule is C[C@H]1CCCC[C@@H]1NC(=O)NC(=O)COC(=O)c1ccc(S(=O)(=O)N(C)C)cc1. The van der Waals surface area contributed by atoms with E-state index in [4.69, 9.17) is 4.74 Å². The van der Waals surface area contributed by atoms with Crippen molar-refractivity contribution >= 4 is 27.9 Å². The monoisotopic (exact) mass is 425 g/mol. The summed E-state index contributed by atoms with van der Waals surface area (Å²) in [7, 11) is -0.794. The molecule has 0 spiro atoms. The van der Waals surface area contributed by atoms with Crippen molar-refractivity contribution in [3.05, 3.63) is 29.8 Å². The molecule has 0 saturated heterocycles. The second kappa shape index (κ2) is 9.84. The Bertz CT molecular complexity index is 851. The molecule has 1 saturated carbocycles. The number of nitrogens with one attached hydrogen (secondary N) is 2. The third-order valence-electron chi connectivity index (χ3n) is 4.88. The highest BCUT2D eigenvalue weighted by Gasteiger charge is 2.23. The van der Waals surface area contributed by atoms with Gasteiger partial charge in [0.15, 0.2) is 6.61 Å². The molecule has 2 N–H and O–H groups in total. The van der Waals surface area contributed by atoms with E-state index in [1.165, 1.54) is 38.4 Å². The van der Waals surface area contributed by atoms with Crippen LogP contribution in [0.1, 0.15) is 43.0 Å². The Morgan fingerprint density at radius 2 is 1.72 bits per heavy atom. The van der Waals surface area contributed by atoms with Crippen LogP contribution in [0, 0.1) is 5.92 Å². The van der Waals surface area contributed by atoms with Crippen LogP contribution in [0.4, 0.5) is 4.79 Å². The predicted molar refractivity (Wildman–Crippen MR) is 106 cm³/mol. The molecule has 160 valence electrons. The van der Waals surface area contributed by atoms with Gasteiger partial charge < -0.3 is 10.1 Å². The Kier molecular flexibility index (Phi) is 7.74. The molecule has 1 aliphatic carbocycles. The van der Waals surface area contributed by atoms with E-state index in [1.807, 2.05) is 0 Å². The molecule has 1 aromatic rings. The number of imide groups is 1. The first-order chi connectivity index (χ1) is 13.6. The molecule has 10 heteroatoms. The molecule has 1 fully saturated rings. The fourth-order valence-corrected chi connectivity index (χ4v) is 3.99. The third kappa shape index (κ3) is 6.26. The van der Waals surface area contributed by atoms with Gasteiger partial charge in [-0.25, -0.2) is 22.3 Å². The molecule has 0 radical (unpaired) electrons. The maximum Gasteiger partial charge on any atom is 0.338 e. The normalized spacial score (nSPS) is 19.4. The number of carbonyl (C=O) groups is 3. The van der Waals surface area contributed by atoms with Crippen LogP contribution in [0.3, 0.4) is 0 Å². The van der Waals surface area contributed by atoms with Gasteiger partial charge in [-0.15, -0.1) is 0 Å². The predicted octanol–water partition coefficient (Wildman–Crippen LogP) is 1.50. The van der Waals surface area contributed by atoms with Crippen LogP contribution in [0.25, 0.3) is 0 Å². The smallest absolute Gasteiger partial charge is 0.338 e. The van der Waals surface area contributed by atoms with Crippen LogP contribution >= 0.6 is 0 Å². The molecule has 0 bridgehead atoms. The zero-order valence-corrected chi connectivity index (χ0v) is 17.6. The van der Waals surface area contributed by atoms with Crippen molar-refractivity contribution in [1.82, 2.24) is 14.9 Å². The molecule has 29 heavy (non-hydrogen) atoms. The number of esters is 1. The molecule has 0 aromatic heterocycles. The van der Waals surface area contributed by atoms with Crippen molar-refractivity contribution in [2.75, 3.05) is 20.7 Å². The van der Waals surface area contributed by atoms with Crippen LogP contribution in [-0.2, 0) is 19.6 Å². The number of urea groups is 1. The zero-order chi connectivity index (χ0) is 21.6. The second-order valence-corrected chi connectivity index (χ2v) is 9.43. The molecule has 2 rings (SSSR count). The van der Waals surface area contributed by atoms with Gasteiger partial charge in [0.2, 0.25) is 10.0 Å². The van der Waals surface area contributed by atoms with Gasteiger partial charge >= 0.3 is 12.0 Å². The van der Waals surface area contributed by atoms with E-state index in [1.54, 1.807) is 0 Å². The largest absolute Gasteiger partial charge is 0.452 e. The molecule has 0 aliphatic heterocycles. The van der Waals surface area contributed by atoms with Crippen molar-refractivity contribution in [3.8, 4) is 0 Å². The molecule has 1 aliphatic rings.